The number of amides is 1. The lowest BCUT2D eigenvalue weighted by atomic mass is 10.2. The minimum Gasteiger partial charge on any atom is -0.340 e. The Morgan fingerprint density at radius 3 is 2.25 bits per heavy atom. The van der Waals surface area contributed by atoms with E-state index in [4.69, 9.17) is 23.2 Å². The molecule has 120 valence electrons. The van der Waals surface area contributed by atoms with Crippen molar-refractivity contribution in [3.05, 3.63) is 76.7 Å². The van der Waals surface area contributed by atoms with Crippen LogP contribution in [0.2, 0.25) is 10.3 Å². The van der Waals surface area contributed by atoms with Crippen molar-refractivity contribution in [2.75, 3.05) is 10.6 Å². The van der Waals surface area contributed by atoms with Crippen LogP contribution in [0.3, 0.4) is 0 Å². The van der Waals surface area contributed by atoms with Crippen molar-refractivity contribution in [2.45, 2.75) is 0 Å². The molecular weight excluding hydrogens is 347 g/mol. The Morgan fingerprint density at radius 2 is 1.62 bits per heavy atom. The van der Waals surface area contributed by atoms with E-state index >= 15 is 0 Å². The summed E-state index contributed by atoms with van der Waals surface area (Å²) in [6.07, 6.45) is 1.56. The molecule has 0 bridgehead atoms. The number of pyridine rings is 2. The third kappa shape index (κ3) is 4.22. The summed E-state index contributed by atoms with van der Waals surface area (Å²) in [5.74, 6) is 0.334. The van der Waals surface area contributed by atoms with Gasteiger partial charge in [-0.05, 0) is 36.4 Å². The van der Waals surface area contributed by atoms with E-state index < -0.39 is 0 Å². The molecule has 1 amide bonds. The number of carbonyl (C=O) groups is 1. The molecule has 0 saturated heterocycles. The standard InChI is InChI=1S/C17H12Cl2N4O/c18-14-8-11(9-15(19)23-14)17(24)22-13-6-7-16(20-10-13)21-12-4-2-1-3-5-12/h1-10H,(H,20,21)(H,22,24). The second-order valence-electron chi connectivity index (χ2n) is 4.88. The largest absolute Gasteiger partial charge is 0.340 e. The summed E-state index contributed by atoms with van der Waals surface area (Å²) in [5.41, 5.74) is 1.82. The zero-order valence-electron chi connectivity index (χ0n) is 12.3. The third-order valence-electron chi connectivity index (χ3n) is 3.09. The number of halogens is 2. The zero-order chi connectivity index (χ0) is 16.9. The van der Waals surface area contributed by atoms with E-state index in [1.54, 1.807) is 18.3 Å². The molecule has 2 N–H and O–H groups in total. The van der Waals surface area contributed by atoms with Gasteiger partial charge in [-0.3, -0.25) is 4.79 Å². The lowest BCUT2D eigenvalue weighted by Gasteiger charge is -2.08. The Kier molecular flexibility index (Phi) is 4.93. The summed E-state index contributed by atoms with van der Waals surface area (Å²) in [6, 6.07) is 16.1. The van der Waals surface area contributed by atoms with Crippen LogP contribution >= 0.6 is 23.2 Å². The van der Waals surface area contributed by atoms with Crippen molar-refractivity contribution < 1.29 is 4.79 Å². The predicted octanol–water partition coefficient (Wildman–Crippen LogP) is 4.78. The Morgan fingerprint density at radius 1 is 0.917 bits per heavy atom. The van der Waals surface area contributed by atoms with Crippen LogP contribution in [-0.4, -0.2) is 15.9 Å². The fourth-order valence-electron chi connectivity index (χ4n) is 2.01. The van der Waals surface area contributed by atoms with E-state index in [0.29, 0.717) is 17.1 Å². The van der Waals surface area contributed by atoms with Gasteiger partial charge in [-0.25, -0.2) is 9.97 Å². The number of nitrogens with one attached hydrogen (secondary N) is 2. The van der Waals surface area contributed by atoms with Gasteiger partial charge in [0.15, 0.2) is 0 Å². The van der Waals surface area contributed by atoms with Crippen molar-refractivity contribution in [3.63, 3.8) is 0 Å². The highest BCUT2D eigenvalue weighted by atomic mass is 35.5. The highest BCUT2D eigenvalue weighted by Crippen LogP contribution is 2.18. The van der Waals surface area contributed by atoms with E-state index in [-0.39, 0.29) is 16.2 Å². The van der Waals surface area contributed by atoms with Crippen molar-refractivity contribution in [3.8, 4) is 0 Å². The van der Waals surface area contributed by atoms with Gasteiger partial charge in [0.1, 0.15) is 16.1 Å². The van der Waals surface area contributed by atoms with Crippen molar-refractivity contribution in [1.29, 1.82) is 0 Å². The predicted molar refractivity (Wildman–Crippen MR) is 96.2 cm³/mol. The molecule has 0 fully saturated rings. The minimum absolute atomic E-state index is 0.160. The number of hydrogen-bond acceptors (Lipinski definition) is 4. The zero-order valence-corrected chi connectivity index (χ0v) is 13.8. The van der Waals surface area contributed by atoms with Crippen LogP contribution in [0, 0.1) is 0 Å². The average Bonchev–Trinajstić information content (AvgIpc) is 2.57. The van der Waals surface area contributed by atoms with Gasteiger partial charge in [-0.2, -0.15) is 0 Å². The Balaban J connectivity index is 1.68. The van der Waals surface area contributed by atoms with Gasteiger partial charge in [-0.15, -0.1) is 0 Å². The van der Waals surface area contributed by atoms with Crippen LogP contribution in [0.5, 0.6) is 0 Å². The molecule has 0 radical (unpaired) electrons. The summed E-state index contributed by atoms with van der Waals surface area (Å²) in [6.45, 7) is 0. The number of anilines is 3. The fourth-order valence-corrected chi connectivity index (χ4v) is 2.47. The molecule has 3 aromatic rings. The highest BCUT2D eigenvalue weighted by Gasteiger charge is 2.09. The summed E-state index contributed by atoms with van der Waals surface area (Å²) < 4.78 is 0. The van der Waals surface area contributed by atoms with Crippen LogP contribution in [-0.2, 0) is 0 Å². The Hall–Kier alpha value is -2.63. The van der Waals surface area contributed by atoms with Crippen LogP contribution in [0.1, 0.15) is 10.4 Å². The van der Waals surface area contributed by atoms with E-state index in [0.717, 1.165) is 5.69 Å². The Bertz CT molecular complexity index is 834. The van der Waals surface area contributed by atoms with E-state index in [1.165, 1.54) is 12.1 Å². The first kappa shape index (κ1) is 16.2. The van der Waals surface area contributed by atoms with Crippen molar-refractivity contribution in [2.24, 2.45) is 0 Å². The van der Waals surface area contributed by atoms with Gasteiger partial charge in [0, 0.05) is 11.3 Å². The van der Waals surface area contributed by atoms with Crippen LogP contribution in [0.25, 0.3) is 0 Å². The summed E-state index contributed by atoms with van der Waals surface area (Å²) in [5, 5.41) is 6.21. The topological polar surface area (TPSA) is 66.9 Å². The molecular formula is C17H12Cl2N4O. The molecule has 5 nitrogen and oxygen atoms in total. The van der Waals surface area contributed by atoms with E-state index in [1.807, 2.05) is 30.3 Å². The molecule has 0 aliphatic rings. The van der Waals surface area contributed by atoms with Gasteiger partial charge in [0.2, 0.25) is 0 Å². The monoisotopic (exact) mass is 358 g/mol. The van der Waals surface area contributed by atoms with Gasteiger partial charge in [0.25, 0.3) is 5.91 Å². The van der Waals surface area contributed by atoms with Crippen molar-refractivity contribution >= 4 is 46.3 Å². The van der Waals surface area contributed by atoms with Crippen LogP contribution < -0.4 is 10.6 Å². The second-order valence-corrected chi connectivity index (χ2v) is 5.65. The molecule has 0 aliphatic heterocycles. The Labute approximate surface area is 148 Å². The number of benzene rings is 1. The molecule has 2 heterocycles. The second kappa shape index (κ2) is 7.29. The van der Waals surface area contributed by atoms with Crippen LogP contribution in [0.4, 0.5) is 17.2 Å². The van der Waals surface area contributed by atoms with Gasteiger partial charge < -0.3 is 10.6 Å². The molecule has 2 aromatic heterocycles. The van der Waals surface area contributed by atoms with Gasteiger partial charge >= 0.3 is 0 Å². The van der Waals surface area contributed by atoms with Crippen LogP contribution in [0.15, 0.2) is 60.8 Å². The fraction of sp³-hybridized carbons (Fsp3) is 0. The SMILES string of the molecule is O=C(Nc1ccc(Nc2ccccc2)nc1)c1cc(Cl)nc(Cl)c1. The molecule has 3 rings (SSSR count). The number of nitrogens with zero attached hydrogens (tertiary/aromatic N) is 2. The maximum absolute atomic E-state index is 12.2. The first-order chi connectivity index (χ1) is 11.6. The number of hydrogen-bond donors (Lipinski definition) is 2. The molecule has 1 aromatic carbocycles. The molecule has 0 aliphatic carbocycles. The average molecular weight is 359 g/mol. The smallest absolute Gasteiger partial charge is 0.255 e. The number of para-hydroxylation sites is 1. The lowest BCUT2D eigenvalue weighted by Crippen LogP contribution is -2.12. The highest BCUT2D eigenvalue weighted by molar-refractivity contribution is 6.33. The number of rotatable bonds is 4. The molecule has 7 heteroatoms. The first-order valence-electron chi connectivity index (χ1n) is 7.03. The molecule has 0 unspecified atom stereocenters. The maximum atomic E-state index is 12.2. The van der Waals surface area contributed by atoms with Crippen molar-refractivity contribution in [1.82, 2.24) is 9.97 Å². The van der Waals surface area contributed by atoms with E-state index in [9.17, 15) is 4.79 Å². The normalized spacial score (nSPS) is 10.2. The maximum Gasteiger partial charge on any atom is 0.255 e. The summed E-state index contributed by atoms with van der Waals surface area (Å²) in [7, 11) is 0. The minimum atomic E-state index is -0.341. The summed E-state index contributed by atoms with van der Waals surface area (Å²) in [4.78, 5) is 20.3. The molecule has 0 saturated carbocycles. The first-order valence-corrected chi connectivity index (χ1v) is 7.78. The molecule has 0 atom stereocenters. The lowest BCUT2D eigenvalue weighted by molar-refractivity contribution is 0.102. The van der Waals surface area contributed by atoms with Gasteiger partial charge in [0.05, 0.1) is 11.9 Å². The number of aromatic nitrogens is 2. The summed E-state index contributed by atoms with van der Waals surface area (Å²) >= 11 is 11.6. The molecule has 24 heavy (non-hydrogen) atoms. The quantitative estimate of drug-likeness (QED) is 0.658. The third-order valence-corrected chi connectivity index (χ3v) is 3.48. The number of carbonyl (C=O) groups excluding carboxylic acids is 1. The molecule has 0 spiro atoms. The van der Waals surface area contributed by atoms with E-state index in [2.05, 4.69) is 20.6 Å². The van der Waals surface area contributed by atoms with Gasteiger partial charge in [-0.1, -0.05) is 41.4 Å².